The second-order valence-electron chi connectivity index (χ2n) is 4.08. The maximum atomic E-state index is 11.4. The van der Waals surface area contributed by atoms with E-state index in [1.165, 1.54) is 24.6 Å². The van der Waals surface area contributed by atoms with Crippen molar-refractivity contribution in [3.63, 3.8) is 0 Å². The van der Waals surface area contributed by atoms with Gasteiger partial charge in [-0.25, -0.2) is 9.78 Å². The smallest absolute Gasteiger partial charge is 0.339 e. The number of hydrogen-bond donors (Lipinski definition) is 2. The quantitative estimate of drug-likeness (QED) is 0.819. The Morgan fingerprint density at radius 2 is 2.30 bits per heavy atom. The minimum absolute atomic E-state index is 0.0991. The predicted octanol–water partition coefficient (Wildman–Crippen LogP) is 1.91. The number of anilines is 2. The van der Waals surface area contributed by atoms with Gasteiger partial charge in [0.1, 0.15) is 0 Å². The van der Waals surface area contributed by atoms with E-state index in [0.29, 0.717) is 22.8 Å². The molecule has 0 spiro atoms. The van der Waals surface area contributed by atoms with Crippen LogP contribution in [0.2, 0.25) is 0 Å². The van der Waals surface area contributed by atoms with Crippen molar-refractivity contribution in [3.8, 4) is 0 Å². The summed E-state index contributed by atoms with van der Waals surface area (Å²) in [4.78, 5) is 20.8. The third kappa shape index (κ3) is 3.31. The molecule has 0 saturated carbocycles. The second-order valence-corrected chi connectivity index (χ2v) is 5.16. The zero-order chi connectivity index (χ0) is 14.5. The molecule has 0 saturated heterocycles. The Hall–Kier alpha value is -1.99. The minimum Gasteiger partial charge on any atom is -0.465 e. The van der Waals surface area contributed by atoms with Crippen molar-refractivity contribution < 1.29 is 14.6 Å². The van der Waals surface area contributed by atoms with E-state index >= 15 is 0 Å². The fraction of sp³-hybridized carbons (Fsp3) is 0.308. The van der Waals surface area contributed by atoms with Gasteiger partial charge in [-0.05, 0) is 13.0 Å². The van der Waals surface area contributed by atoms with Crippen LogP contribution in [0.1, 0.15) is 20.9 Å². The molecule has 0 aliphatic heterocycles. The summed E-state index contributed by atoms with van der Waals surface area (Å²) in [5, 5.41) is 12.8. The lowest BCUT2D eigenvalue weighted by Crippen LogP contribution is -2.02. The number of nitrogens with one attached hydrogen (secondary N) is 1. The standard InChI is InChI=1S/C13H15N3O3S/c1-8-11(3-4-17)20-13(15-8)16-10-5-9(6-14-7-10)12(18)19-2/h5-7,17H,3-4H2,1-2H3,(H,15,16). The zero-order valence-corrected chi connectivity index (χ0v) is 12.0. The van der Waals surface area contributed by atoms with Gasteiger partial charge in [-0.1, -0.05) is 0 Å². The maximum absolute atomic E-state index is 11.4. The molecule has 2 heterocycles. The van der Waals surface area contributed by atoms with Crippen LogP contribution in [0.3, 0.4) is 0 Å². The number of nitrogens with zero attached hydrogens (tertiary/aromatic N) is 2. The van der Waals surface area contributed by atoms with Crippen LogP contribution in [0.4, 0.5) is 10.8 Å². The Balaban J connectivity index is 2.17. The van der Waals surface area contributed by atoms with Crippen molar-refractivity contribution in [1.29, 1.82) is 0 Å². The van der Waals surface area contributed by atoms with E-state index < -0.39 is 5.97 Å². The molecule has 0 bridgehead atoms. The van der Waals surface area contributed by atoms with E-state index in [9.17, 15) is 4.79 Å². The molecule has 0 radical (unpaired) electrons. The SMILES string of the molecule is COC(=O)c1cncc(Nc2nc(C)c(CCO)s2)c1. The van der Waals surface area contributed by atoms with Crippen LogP contribution in [0.15, 0.2) is 18.5 Å². The van der Waals surface area contributed by atoms with Crippen molar-refractivity contribution in [1.82, 2.24) is 9.97 Å². The van der Waals surface area contributed by atoms with Gasteiger partial charge in [0.2, 0.25) is 0 Å². The van der Waals surface area contributed by atoms with E-state index in [-0.39, 0.29) is 6.61 Å². The average Bonchev–Trinajstić information content (AvgIpc) is 2.78. The van der Waals surface area contributed by atoms with Crippen LogP contribution in [0.5, 0.6) is 0 Å². The fourth-order valence-electron chi connectivity index (χ4n) is 1.68. The number of thiazole rings is 1. The Morgan fingerprint density at radius 3 is 3.00 bits per heavy atom. The summed E-state index contributed by atoms with van der Waals surface area (Å²) in [6.07, 6.45) is 3.64. The summed E-state index contributed by atoms with van der Waals surface area (Å²) in [5.41, 5.74) is 1.93. The first-order chi connectivity index (χ1) is 9.63. The van der Waals surface area contributed by atoms with E-state index in [2.05, 4.69) is 20.0 Å². The first kappa shape index (κ1) is 14.4. The topological polar surface area (TPSA) is 84.3 Å². The monoisotopic (exact) mass is 293 g/mol. The molecule has 0 fully saturated rings. The number of esters is 1. The molecule has 0 atom stereocenters. The van der Waals surface area contributed by atoms with Crippen LogP contribution in [0, 0.1) is 6.92 Å². The third-order valence-electron chi connectivity index (χ3n) is 2.64. The van der Waals surface area contributed by atoms with Crippen LogP contribution >= 0.6 is 11.3 Å². The van der Waals surface area contributed by atoms with E-state index in [1.54, 1.807) is 12.3 Å². The predicted molar refractivity (Wildman–Crippen MR) is 76.5 cm³/mol. The van der Waals surface area contributed by atoms with Gasteiger partial charge in [0.25, 0.3) is 0 Å². The first-order valence-corrected chi connectivity index (χ1v) is 6.83. The number of rotatable bonds is 5. The Morgan fingerprint density at radius 1 is 1.50 bits per heavy atom. The van der Waals surface area contributed by atoms with E-state index in [1.807, 2.05) is 6.92 Å². The van der Waals surface area contributed by atoms with Gasteiger partial charge in [0.05, 0.1) is 30.3 Å². The average molecular weight is 293 g/mol. The summed E-state index contributed by atoms with van der Waals surface area (Å²) in [6, 6.07) is 1.65. The van der Waals surface area contributed by atoms with E-state index in [4.69, 9.17) is 5.11 Å². The summed E-state index contributed by atoms with van der Waals surface area (Å²) in [6.45, 7) is 2.00. The normalized spacial score (nSPS) is 10.3. The molecule has 2 aromatic rings. The zero-order valence-electron chi connectivity index (χ0n) is 11.2. The van der Waals surface area contributed by atoms with Crippen molar-refractivity contribution in [2.45, 2.75) is 13.3 Å². The fourth-order valence-corrected chi connectivity index (χ4v) is 2.65. The molecular formula is C13H15N3O3S. The number of hydrogen-bond acceptors (Lipinski definition) is 7. The summed E-state index contributed by atoms with van der Waals surface area (Å²) in [5.74, 6) is -0.433. The maximum Gasteiger partial charge on any atom is 0.339 e. The lowest BCUT2D eigenvalue weighted by molar-refractivity contribution is 0.0600. The molecule has 2 rings (SSSR count). The number of aryl methyl sites for hydroxylation is 1. The highest BCUT2D eigenvalue weighted by Crippen LogP contribution is 2.26. The number of carbonyl (C=O) groups is 1. The largest absolute Gasteiger partial charge is 0.465 e. The van der Waals surface area contributed by atoms with Crippen molar-refractivity contribution >= 4 is 28.1 Å². The number of methoxy groups -OCH3 is 1. The van der Waals surface area contributed by atoms with Crippen LogP contribution < -0.4 is 5.32 Å². The lowest BCUT2D eigenvalue weighted by atomic mass is 10.2. The Bertz CT molecular complexity index is 613. The minimum atomic E-state index is -0.433. The van der Waals surface area contributed by atoms with Crippen molar-refractivity contribution in [2.75, 3.05) is 19.0 Å². The Labute approximate surface area is 120 Å². The first-order valence-electron chi connectivity index (χ1n) is 6.01. The van der Waals surface area contributed by atoms with Crippen LogP contribution in [-0.4, -0.2) is 34.8 Å². The molecule has 0 aromatic carbocycles. The summed E-state index contributed by atoms with van der Waals surface area (Å²) < 4.78 is 4.65. The number of carbonyl (C=O) groups excluding carboxylic acids is 1. The molecule has 6 nitrogen and oxygen atoms in total. The van der Waals surface area contributed by atoms with Crippen molar-refractivity contribution in [2.24, 2.45) is 0 Å². The van der Waals surface area contributed by atoms with Gasteiger partial charge < -0.3 is 15.2 Å². The molecule has 106 valence electrons. The third-order valence-corrected chi connectivity index (χ3v) is 3.77. The van der Waals surface area contributed by atoms with Gasteiger partial charge in [0, 0.05) is 24.1 Å². The molecule has 0 aliphatic carbocycles. The second kappa shape index (κ2) is 6.44. The number of aliphatic hydroxyl groups excluding tert-OH is 1. The number of pyridine rings is 1. The van der Waals surface area contributed by atoms with Gasteiger partial charge in [-0.15, -0.1) is 11.3 Å². The Kier molecular flexibility index (Phi) is 4.65. The molecule has 0 unspecified atom stereocenters. The van der Waals surface area contributed by atoms with E-state index in [0.717, 1.165) is 10.6 Å². The molecule has 7 heteroatoms. The molecule has 20 heavy (non-hydrogen) atoms. The highest BCUT2D eigenvalue weighted by Gasteiger charge is 2.10. The summed E-state index contributed by atoms with van der Waals surface area (Å²) >= 11 is 1.47. The molecule has 0 amide bonds. The van der Waals surface area contributed by atoms with Gasteiger partial charge in [-0.3, -0.25) is 4.98 Å². The van der Waals surface area contributed by atoms with Gasteiger partial charge in [0.15, 0.2) is 5.13 Å². The number of aromatic nitrogens is 2. The van der Waals surface area contributed by atoms with Crippen LogP contribution in [0.25, 0.3) is 0 Å². The number of ether oxygens (including phenoxy) is 1. The highest BCUT2D eigenvalue weighted by atomic mass is 32.1. The molecular weight excluding hydrogens is 278 g/mol. The van der Waals surface area contributed by atoms with Crippen LogP contribution in [-0.2, 0) is 11.2 Å². The molecule has 2 N–H and O–H groups in total. The number of aliphatic hydroxyl groups is 1. The van der Waals surface area contributed by atoms with Gasteiger partial charge in [-0.2, -0.15) is 0 Å². The molecule has 0 aliphatic rings. The molecule has 2 aromatic heterocycles. The lowest BCUT2D eigenvalue weighted by Gasteiger charge is -2.03. The highest BCUT2D eigenvalue weighted by molar-refractivity contribution is 7.15. The summed E-state index contributed by atoms with van der Waals surface area (Å²) in [7, 11) is 1.33. The van der Waals surface area contributed by atoms with Gasteiger partial charge >= 0.3 is 5.97 Å². The van der Waals surface area contributed by atoms with Crippen molar-refractivity contribution in [3.05, 3.63) is 34.6 Å².